The van der Waals surface area contributed by atoms with E-state index in [9.17, 15) is 0 Å². The molecule has 0 unspecified atom stereocenters. The predicted molar refractivity (Wildman–Crippen MR) is 130 cm³/mol. The number of aromatic nitrogens is 3. The summed E-state index contributed by atoms with van der Waals surface area (Å²) >= 11 is 3.31. The van der Waals surface area contributed by atoms with Gasteiger partial charge in [0.2, 0.25) is 11.7 Å². The summed E-state index contributed by atoms with van der Waals surface area (Å²) in [6.45, 7) is 3.99. The first-order valence-electron chi connectivity index (χ1n) is 10.8. The number of fused-ring (bicyclic) bond motifs is 1. The van der Waals surface area contributed by atoms with Gasteiger partial charge in [0.15, 0.2) is 0 Å². The summed E-state index contributed by atoms with van der Waals surface area (Å²) in [5.74, 6) is 2.13. The molecule has 1 aliphatic rings. The van der Waals surface area contributed by atoms with Gasteiger partial charge in [-0.15, -0.1) is 27.7 Å². The van der Waals surface area contributed by atoms with Crippen LogP contribution in [0.2, 0.25) is 0 Å². The largest absolute Gasteiger partial charge is 0.406 e. The highest BCUT2D eigenvalue weighted by Crippen LogP contribution is 2.32. The Labute approximate surface area is 198 Å². The number of benzene rings is 2. The van der Waals surface area contributed by atoms with E-state index >= 15 is 0 Å². The zero-order valence-electron chi connectivity index (χ0n) is 17.8. The van der Waals surface area contributed by atoms with Crippen molar-refractivity contribution in [1.29, 1.82) is 0 Å². The van der Waals surface area contributed by atoms with E-state index in [2.05, 4.69) is 33.2 Å². The van der Waals surface area contributed by atoms with Gasteiger partial charge in [0.25, 0.3) is 0 Å². The summed E-state index contributed by atoms with van der Waals surface area (Å²) in [6.07, 6.45) is 0. The van der Waals surface area contributed by atoms with Gasteiger partial charge in [-0.2, -0.15) is 4.98 Å². The molecule has 9 heteroatoms. The van der Waals surface area contributed by atoms with E-state index < -0.39 is 0 Å². The van der Waals surface area contributed by atoms with Crippen LogP contribution in [0.5, 0.6) is 5.75 Å². The molecule has 1 saturated heterocycles. The minimum absolute atomic E-state index is 0.649. The third kappa shape index (κ3) is 4.53. The van der Waals surface area contributed by atoms with Crippen molar-refractivity contribution in [3.63, 3.8) is 0 Å². The third-order valence-corrected chi connectivity index (χ3v) is 7.47. The van der Waals surface area contributed by atoms with Gasteiger partial charge in [-0.05, 0) is 23.6 Å². The first-order valence-corrected chi connectivity index (χ1v) is 12.5. The Morgan fingerprint density at radius 2 is 1.82 bits per heavy atom. The fourth-order valence-corrected chi connectivity index (χ4v) is 5.41. The van der Waals surface area contributed by atoms with E-state index in [-0.39, 0.29) is 0 Å². The fraction of sp³-hybridized carbons (Fsp3) is 0.208. The highest BCUT2D eigenvalue weighted by Gasteiger charge is 2.21. The maximum Gasteiger partial charge on any atom is 0.241 e. The number of hydrogen-bond acceptors (Lipinski definition) is 9. The lowest BCUT2D eigenvalue weighted by molar-refractivity contribution is -0.0904. The standard InChI is InChI=1S/C24H21N5O2S2/c1-2-5-17(6-3-1)24-25-19-15-18(8-9-20(19)33-24)31-29-12-10-28(11-13-29)16-22-26-23(27-30-22)21-7-4-14-32-21/h1-9,14-15H,10-13,16H2. The molecule has 1 aliphatic heterocycles. The monoisotopic (exact) mass is 475 g/mol. The zero-order valence-corrected chi connectivity index (χ0v) is 19.4. The summed E-state index contributed by atoms with van der Waals surface area (Å²) in [4.78, 5) is 18.8. The molecule has 1 fully saturated rings. The van der Waals surface area contributed by atoms with Crippen molar-refractivity contribution in [2.24, 2.45) is 0 Å². The molecule has 0 atom stereocenters. The van der Waals surface area contributed by atoms with Gasteiger partial charge in [-0.25, -0.2) is 4.98 Å². The van der Waals surface area contributed by atoms with Crippen molar-refractivity contribution in [3.8, 4) is 27.0 Å². The molecule has 7 nitrogen and oxygen atoms in total. The molecule has 0 bridgehead atoms. The smallest absolute Gasteiger partial charge is 0.241 e. The van der Waals surface area contributed by atoms with Crippen LogP contribution < -0.4 is 4.84 Å². The Hall–Kier alpha value is -3.11. The lowest BCUT2D eigenvalue weighted by Crippen LogP contribution is -2.47. The van der Waals surface area contributed by atoms with Crippen LogP contribution in [0.25, 0.3) is 31.5 Å². The Morgan fingerprint density at radius 1 is 0.939 bits per heavy atom. The molecule has 166 valence electrons. The number of thiazole rings is 1. The molecule has 0 radical (unpaired) electrons. The summed E-state index contributed by atoms with van der Waals surface area (Å²) in [6, 6.07) is 20.4. The van der Waals surface area contributed by atoms with Crippen LogP contribution in [0.1, 0.15) is 5.89 Å². The van der Waals surface area contributed by atoms with Gasteiger partial charge in [0.1, 0.15) is 10.8 Å². The Bertz CT molecular complexity index is 1340. The van der Waals surface area contributed by atoms with Crippen molar-refractivity contribution in [2.75, 3.05) is 26.2 Å². The summed E-state index contributed by atoms with van der Waals surface area (Å²) < 4.78 is 6.60. The van der Waals surface area contributed by atoms with Crippen LogP contribution >= 0.6 is 22.7 Å². The summed E-state index contributed by atoms with van der Waals surface area (Å²) in [5, 5.41) is 9.15. The van der Waals surface area contributed by atoms with E-state index in [0.717, 1.165) is 57.6 Å². The number of thiophene rings is 1. The van der Waals surface area contributed by atoms with Crippen LogP contribution in [-0.2, 0) is 6.54 Å². The van der Waals surface area contributed by atoms with Gasteiger partial charge in [0, 0.05) is 37.8 Å². The van der Waals surface area contributed by atoms with E-state index in [1.54, 1.807) is 22.7 Å². The number of rotatable bonds is 6. The molecular formula is C24H21N5O2S2. The average Bonchev–Trinajstić information content (AvgIpc) is 3.61. The Morgan fingerprint density at radius 3 is 2.64 bits per heavy atom. The first-order chi connectivity index (χ1) is 16.3. The molecular weight excluding hydrogens is 454 g/mol. The molecule has 2 aromatic carbocycles. The number of hydroxylamine groups is 2. The lowest BCUT2D eigenvalue weighted by atomic mass is 10.2. The minimum Gasteiger partial charge on any atom is -0.406 e. The van der Waals surface area contributed by atoms with Gasteiger partial charge < -0.3 is 9.36 Å². The van der Waals surface area contributed by atoms with Gasteiger partial charge in [0.05, 0.1) is 21.6 Å². The van der Waals surface area contributed by atoms with E-state index in [0.29, 0.717) is 18.3 Å². The zero-order chi connectivity index (χ0) is 22.0. The van der Waals surface area contributed by atoms with Crippen LogP contribution in [0.15, 0.2) is 70.6 Å². The molecule has 0 aliphatic carbocycles. The quantitative estimate of drug-likeness (QED) is 0.335. The van der Waals surface area contributed by atoms with Crippen molar-refractivity contribution < 1.29 is 9.36 Å². The highest BCUT2D eigenvalue weighted by atomic mass is 32.1. The minimum atomic E-state index is 0.649. The lowest BCUT2D eigenvalue weighted by Gasteiger charge is -2.33. The molecule has 33 heavy (non-hydrogen) atoms. The van der Waals surface area contributed by atoms with Crippen LogP contribution in [-0.4, -0.2) is 51.3 Å². The van der Waals surface area contributed by atoms with E-state index in [1.807, 2.05) is 52.9 Å². The fourth-order valence-electron chi connectivity index (χ4n) is 3.81. The van der Waals surface area contributed by atoms with Gasteiger partial charge >= 0.3 is 0 Å². The molecule has 5 aromatic rings. The average molecular weight is 476 g/mol. The van der Waals surface area contributed by atoms with Crippen molar-refractivity contribution in [3.05, 3.63) is 71.9 Å². The molecule has 0 saturated carbocycles. The van der Waals surface area contributed by atoms with E-state index in [1.165, 1.54) is 0 Å². The Kier molecular flexibility index (Phi) is 5.61. The number of piperazine rings is 1. The third-order valence-electron chi connectivity index (χ3n) is 5.51. The Balaban J connectivity index is 1.06. The predicted octanol–water partition coefficient (Wildman–Crippen LogP) is 5.19. The topological polar surface area (TPSA) is 67.5 Å². The second-order valence-corrected chi connectivity index (χ2v) is 9.78. The molecule has 6 rings (SSSR count). The highest BCUT2D eigenvalue weighted by molar-refractivity contribution is 7.21. The number of nitrogens with zero attached hydrogens (tertiary/aromatic N) is 5. The number of hydrogen-bond donors (Lipinski definition) is 0. The second kappa shape index (κ2) is 9.03. The molecule has 4 heterocycles. The molecule has 0 N–H and O–H groups in total. The molecule has 0 amide bonds. The molecule has 3 aromatic heterocycles. The summed E-state index contributed by atoms with van der Waals surface area (Å²) in [7, 11) is 0. The second-order valence-electron chi connectivity index (χ2n) is 7.80. The van der Waals surface area contributed by atoms with Crippen LogP contribution in [0.3, 0.4) is 0 Å². The van der Waals surface area contributed by atoms with Crippen LogP contribution in [0.4, 0.5) is 0 Å². The van der Waals surface area contributed by atoms with Gasteiger partial charge in [-0.1, -0.05) is 41.6 Å². The maximum atomic E-state index is 6.15. The maximum absolute atomic E-state index is 6.15. The summed E-state index contributed by atoms with van der Waals surface area (Å²) in [5.41, 5.74) is 2.11. The van der Waals surface area contributed by atoms with Crippen molar-refractivity contribution in [1.82, 2.24) is 25.1 Å². The van der Waals surface area contributed by atoms with Crippen molar-refractivity contribution in [2.45, 2.75) is 6.54 Å². The molecule has 0 spiro atoms. The SMILES string of the molecule is c1ccc(-c2nc3cc(ON4CCN(Cc5nc(-c6cccs6)no5)CC4)ccc3s2)cc1. The van der Waals surface area contributed by atoms with E-state index in [4.69, 9.17) is 14.3 Å². The van der Waals surface area contributed by atoms with Crippen molar-refractivity contribution >= 4 is 32.9 Å². The van der Waals surface area contributed by atoms with Crippen LogP contribution in [0, 0.1) is 0 Å². The normalized spacial score (nSPS) is 15.3. The van der Waals surface area contributed by atoms with Gasteiger partial charge in [-0.3, -0.25) is 4.90 Å². The first kappa shape index (κ1) is 20.5.